The van der Waals surface area contributed by atoms with Gasteiger partial charge in [0.1, 0.15) is 28.3 Å². The first-order valence-corrected chi connectivity index (χ1v) is 15.0. The molecule has 0 aliphatic carbocycles. The molecule has 0 saturated heterocycles. The van der Waals surface area contributed by atoms with Crippen LogP contribution >= 0.6 is 0 Å². The van der Waals surface area contributed by atoms with Gasteiger partial charge in [0, 0.05) is 28.7 Å². The third-order valence-electron chi connectivity index (χ3n) is 6.55. The number of alkyl carbamates (subject to hydrolysis) is 1. The molecule has 1 unspecified atom stereocenters. The first-order chi connectivity index (χ1) is 20.1. The van der Waals surface area contributed by atoms with Gasteiger partial charge in [-0.15, -0.1) is 0 Å². The Bertz CT molecular complexity index is 1520. The summed E-state index contributed by atoms with van der Waals surface area (Å²) in [6.07, 6.45) is 5.72. The first-order valence-electron chi connectivity index (χ1n) is 15.0. The van der Waals surface area contributed by atoms with Crippen molar-refractivity contribution in [2.75, 3.05) is 0 Å². The summed E-state index contributed by atoms with van der Waals surface area (Å²) in [6, 6.07) is 10.3. The highest BCUT2D eigenvalue weighted by Crippen LogP contribution is 2.29. The molecular formula is C35H48F2N4O2. The molecule has 0 aliphatic heterocycles. The third-order valence-corrected chi connectivity index (χ3v) is 6.55. The number of carbonyl (C=O) groups is 1. The third kappa shape index (κ3) is 9.95. The molecule has 43 heavy (non-hydrogen) atoms. The fourth-order valence-corrected chi connectivity index (χ4v) is 4.66. The van der Waals surface area contributed by atoms with Gasteiger partial charge in [0.15, 0.2) is 0 Å². The molecule has 1 atom stereocenters. The summed E-state index contributed by atoms with van der Waals surface area (Å²) in [7, 11) is 0. The number of fused-ring (bicyclic) bond motifs is 2. The van der Waals surface area contributed by atoms with Gasteiger partial charge < -0.3 is 15.8 Å². The van der Waals surface area contributed by atoms with Gasteiger partial charge in [0.25, 0.3) is 0 Å². The van der Waals surface area contributed by atoms with Crippen LogP contribution in [0.3, 0.4) is 0 Å². The van der Waals surface area contributed by atoms with Gasteiger partial charge in [-0.05, 0) is 120 Å². The van der Waals surface area contributed by atoms with Crippen LogP contribution in [0.5, 0.6) is 0 Å². The topological polar surface area (TPSA) is 90.1 Å². The van der Waals surface area contributed by atoms with E-state index in [4.69, 9.17) is 10.5 Å². The van der Waals surface area contributed by atoms with Crippen LogP contribution in [0.2, 0.25) is 0 Å². The van der Waals surface area contributed by atoms with Crippen LogP contribution in [0.1, 0.15) is 103 Å². The van der Waals surface area contributed by atoms with Crippen LogP contribution in [-0.2, 0) is 16.7 Å². The zero-order valence-electron chi connectivity index (χ0n) is 27.4. The molecule has 2 aromatic heterocycles. The monoisotopic (exact) mass is 594 g/mol. The van der Waals surface area contributed by atoms with E-state index in [1.165, 1.54) is 6.07 Å². The molecule has 2 heterocycles. The Balaban J connectivity index is 0.000000286. The predicted octanol–water partition coefficient (Wildman–Crippen LogP) is 9.20. The zero-order valence-corrected chi connectivity index (χ0v) is 27.4. The van der Waals surface area contributed by atoms with Crippen molar-refractivity contribution < 1.29 is 18.3 Å². The fourth-order valence-electron chi connectivity index (χ4n) is 4.66. The van der Waals surface area contributed by atoms with Crippen molar-refractivity contribution in [2.24, 2.45) is 5.73 Å². The number of pyridine rings is 2. The molecule has 2 aromatic carbocycles. The van der Waals surface area contributed by atoms with Gasteiger partial charge in [-0.3, -0.25) is 9.97 Å². The van der Waals surface area contributed by atoms with E-state index in [-0.39, 0.29) is 17.7 Å². The first kappa shape index (κ1) is 35.5. The lowest BCUT2D eigenvalue weighted by Crippen LogP contribution is -2.34. The lowest BCUT2D eigenvalue weighted by molar-refractivity contribution is 0.0508. The van der Waals surface area contributed by atoms with Crippen molar-refractivity contribution >= 4 is 27.9 Å². The van der Waals surface area contributed by atoms with Crippen LogP contribution in [0.15, 0.2) is 48.8 Å². The molecule has 0 bridgehead atoms. The highest BCUT2D eigenvalue weighted by molar-refractivity contribution is 5.85. The van der Waals surface area contributed by atoms with Crippen molar-refractivity contribution in [1.82, 2.24) is 15.3 Å². The standard InChI is InChI=1S/C17H21FN2O2.C16H21FN2.C2H6/c1-10-8-13-12(6-7-19-15(13)14(18)9-10)11(2)20-16(21)22-17(3,4)5;1-4-5-6-11-9-12-13(16(2,3)18)7-8-19-15(12)14(17)10-11;1-2/h6-9,11H,1-5H3,(H,20,21);7-10H,4-6,18H2,1-3H3;1-2H3. The Hall–Kier alpha value is -3.65. The maximum absolute atomic E-state index is 14.1. The Morgan fingerprint density at radius 2 is 1.53 bits per heavy atom. The van der Waals surface area contributed by atoms with Crippen LogP contribution in [0.25, 0.3) is 21.8 Å². The summed E-state index contributed by atoms with van der Waals surface area (Å²) >= 11 is 0. The minimum atomic E-state index is -0.563. The van der Waals surface area contributed by atoms with Crippen LogP contribution in [0.4, 0.5) is 13.6 Å². The summed E-state index contributed by atoms with van der Waals surface area (Å²) in [5, 5.41) is 4.30. The summed E-state index contributed by atoms with van der Waals surface area (Å²) in [4.78, 5) is 20.1. The normalized spacial score (nSPS) is 12.1. The highest BCUT2D eigenvalue weighted by Gasteiger charge is 2.21. The molecule has 234 valence electrons. The van der Waals surface area contributed by atoms with Crippen LogP contribution in [-0.4, -0.2) is 21.7 Å². The van der Waals surface area contributed by atoms with E-state index in [0.717, 1.165) is 46.9 Å². The lowest BCUT2D eigenvalue weighted by atomic mass is 9.91. The molecule has 8 heteroatoms. The predicted molar refractivity (Wildman–Crippen MR) is 173 cm³/mol. The molecule has 0 fully saturated rings. The van der Waals surface area contributed by atoms with E-state index < -0.39 is 17.2 Å². The number of benzene rings is 2. The van der Waals surface area contributed by atoms with Crippen molar-refractivity contribution in [3.8, 4) is 0 Å². The molecule has 3 N–H and O–H groups in total. The van der Waals surface area contributed by atoms with Crippen molar-refractivity contribution in [3.63, 3.8) is 0 Å². The number of unbranched alkanes of at least 4 members (excludes halogenated alkanes) is 1. The van der Waals surface area contributed by atoms with Crippen molar-refractivity contribution in [1.29, 1.82) is 0 Å². The number of nitrogens with two attached hydrogens (primary N) is 1. The smallest absolute Gasteiger partial charge is 0.408 e. The number of hydrogen-bond donors (Lipinski definition) is 2. The summed E-state index contributed by atoms with van der Waals surface area (Å²) in [6.45, 7) is 19.1. The second kappa shape index (κ2) is 15.2. The van der Waals surface area contributed by atoms with Crippen molar-refractivity contribution in [2.45, 2.75) is 106 Å². The molecule has 6 nitrogen and oxygen atoms in total. The summed E-state index contributed by atoms with van der Waals surface area (Å²) in [5.41, 5.74) is 9.40. The molecule has 4 rings (SSSR count). The Morgan fingerprint density at radius 1 is 0.953 bits per heavy atom. The van der Waals surface area contributed by atoms with Gasteiger partial charge in [-0.25, -0.2) is 13.6 Å². The van der Waals surface area contributed by atoms with Crippen LogP contribution in [0, 0.1) is 18.6 Å². The van der Waals surface area contributed by atoms with E-state index in [9.17, 15) is 13.6 Å². The molecule has 0 aliphatic rings. The van der Waals surface area contributed by atoms with Gasteiger partial charge in [-0.1, -0.05) is 27.2 Å². The van der Waals surface area contributed by atoms with E-state index in [0.29, 0.717) is 16.4 Å². The number of nitrogens with one attached hydrogen (secondary N) is 1. The van der Waals surface area contributed by atoms with Gasteiger partial charge in [0.2, 0.25) is 0 Å². The number of halogens is 2. The number of amides is 1. The summed E-state index contributed by atoms with van der Waals surface area (Å²) < 4.78 is 33.4. The molecular weight excluding hydrogens is 546 g/mol. The largest absolute Gasteiger partial charge is 0.444 e. The fraction of sp³-hybridized carbons (Fsp3) is 0.457. The van der Waals surface area contributed by atoms with E-state index >= 15 is 0 Å². The quantitative estimate of drug-likeness (QED) is 0.232. The average molecular weight is 595 g/mol. The molecule has 0 radical (unpaired) electrons. The number of rotatable bonds is 6. The van der Waals surface area contributed by atoms with Crippen LogP contribution < -0.4 is 11.1 Å². The van der Waals surface area contributed by atoms with Crippen molar-refractivity contribution in [3.05, 3.63) is 82.7 Å². The van der Waals surface area contributed by atoms with E-state index in [1.807, 2.05) is 59.7 Å². The number of aryl methyl sites for hydroxylation is 2. The van der Waals surface area contributed by atoms with Gasteiger partial charge in [-0.2, -0.15) is 0 Å². The zero-order chi connectivity index (χ0) is 32.5. The Labute approximate surface area is 255 Å². The number of ether oxygens (including phenoxy) is 1. The lowest BCUT2D eigenvalue weighted by Gasteiger charge is -2.22. The second-order valence-electron chi connectivity index (χ2n) is 12.1. The highest BCUT2D eigenvalue weighted by atomic mass is 19.1. The maximum atomic E-state index is 14.1. The molecule has 4 aromatic rings. The minimum Gasteiger partial charge on any atom is -0.444 e. The Kier molecular flexibility index (Phi) is 12.6. The minimum absolute atomic E-state index is 0.255. The van der Waals surface area contributed by atoms with E-state index in [1.54, 1.807) is 45.3 Å². The summed E-state index contributed by atoms with van der Waals surface area (Å²) in [5.74, 6) is -0.615. The van der Waals surface area contributed by atoms with Gasteiger partial charge in [0.05, 0.1) is 6.04 Å². The van der Waals surface area contributed by atoms with E-state index in [2.05, 4.69) is 22.2 Å². The SMILES string of the molecule is CC.CCCCc1cc(F)c2nccc(C(C)(C)N)c2c1.Cc1cc(F)c2nccc(C(C)NC(=O)OC(C)(C)C)c2c1. The second-order valence-corrected chi connectivity index (χ2v) is 12.1. The number of nitrogens with zero attached hydrogens (tertiary/aromatic N) is 2. The average Bonchev–Trinajstić information content (AvgIpc) is 2.91. The number of hydrogen-bond acceptors (Lipinski definition) is 5. The maximum Gasteiger partial charge on any atom is 0.408 e. The number of carbonyl (C=O) groups excluding carboxylic acids is 1. The molecule has 0 spiro atoms. The Morgan fingerprint density at radius 3 is 2.12 bits per heavy atom. The molecule has 0 saturated carbocycles. The van der Waals surface area contributed by atoms with Gasteiger partial charge >= 0.3 is 6.09 Å². The molecule has 1 amide bonds. The number of aromatic nitrogens is 2.